The highest BCUT2D eigenvalue weighted by atomic mass is 35.5. The fourth-order valence-electron chi connectivity index (χ4n) is 1.75. The van der Waals surface area contributed by atoms with Gasteiger partial charge in [0.05, 0.1) is 9.90 Å². The van der Waals surface area contributed by atoms with Crippen molar-refractivity contribution in [3.8, 4) is 0 Å². The van der Waals surface area contributed by atoms with Crippen molar-refractivity contribution in [2.45, 2.75) is 19.3 Å². The van der Waals surface area contributed by atoms with Crippen molar-refractivity contribution in [1.29, 1.82) is 0 Å². The highest BCUT2D eigenvalue weighted by Crippen LogP contribution is 2.32. The van der Waals surface area contributed by atoms with Crippen LogP contribution in [0.2, 0.25) is 8.67 Å². The van der Waals surface area contributed by atoms with Gasteiger partial charge < -0.3 is 4.90 Å². The van der Waals surface area contributed by atoms with E-state index >= 15 is 0 Å². The van der Waals surface area contributed by atoms with Gasteiger partial charge in [-0.05, 0) is 25.3 Å². The van der Waals surface area contributed by atoms with Crippen LogP contribution >= 0.6 is 34.5 Å². The van der Waals surface area contributed by atoms with Crippen molar-refractivity contribution in [3.63, 3.8) is 0 Å². The van der Waals surface area contributed by atoms with Crippen LogP contribution in [0.5, 0.6) is 0 Å². The third kappa shape index (κ3) is 2.47. The van der Waals surface area contributed by atoms with Gasteiger partial charge in [0.1, 0.15) is 4.34 Å². The summed E-state index contributed by atoms with van der Waals surface area (Å²) in [5.41, 5.74) is 0.550. The normalized spacial score (nSPS) is 16.8. The second kappa shape index (κ2) is 4.73. The summed E-state index contributed by atoms with van der Waals surface area (Å²) in [4.78, 5) is 13.9. The minimum Gasteiger partial charge on any atom is -0.339 e. The maximum absolute atomic E-state index is 12.0. The van der Waals surface area contributed by atoms with Crippen LogP contribution in [-0.4, -0.2) is 23.9 Å². The standard InChI is InChI=1S/C10H11Cl2NOS/c11-8-6-7(9(12)15-8)10(14)13-4-2-1-3-5-13/h6H,1-5H2. The molecule has 5 heteroatoms. The summed E-state index contributed by atoms with van der Waals surface area (Å²) >= 11 is 13.0. The lowest BCUT2D eigenvalue weighted by molar-refractivity contribution is 0.0725. The summed E-state index contributed by atoms with van der Waals surface area (Å²) in [7, 11) is 0. The van der Waals surface area contributed by atoms with Gasteiger partial charge in [-0.25, -0.2) is 0 Å². The van der Waals surface area contributed by atoms with Crippen LogP contribution in [0.25, 0.3) is 0 Å². The molecule has 0 atom stereocenters. The Bertz CT molecular complexity index is 371. The van der Waals surface area contributed by atoms with E-state index in [1.54, 1.807) is 6.07 Å². The zero-order valence-corrected chi connectivity index (χ0v) is 10.5. The number of nitrogens with zero attached hydrogens (tertiary/aromatic N) is 1. The van der Waals surface area contributed by atoms with Gasteiger partial charge in [0.15, 0.2) is 0 Å². The molecule has 1 saturated heterocycles. The smallest absolute Gasteiger partial charge is 0.256 e. The average Bonchev–Trinajstić information content (AvgIpc) is 2.58. The Morgan fingerprint density at radius 2 is 1.93 bits per heavy atom. The van der Waals surface area contributed by atoms with Crippen LogP contribution in [0.3, 0.4) is 0 Å². The van der Waals surface area contributed by atoms with Crippen molar-refractivity contribution < 1.29 is 4.79 Å². The van der Waals surface area contributed by atoms with Gasteiger partial charge in [0.2, 0.25) is 0 Å². The topological polar surface area (TPSA) is 20.3 Å². The van der Waals surface area contributed by atoms with E-state index in [1.807, 2.05) is 4.90 Å². The molecule has 2 heterocycles. The van der Waals surface area contributed by atoms with Crippen LogP contribution in [0, 0.1) is 0 Å². The highest BCUT2D eigenvalue weighted by Gasteiger charge is 2.21. The molecular formula is C10H11Cl2NOS. The lowest BCUT2D eigenvalue weighted by Gasteiger charge is -2.26. The van der Waals surface area contributed by atoms with E-state index in [0.29, 0.717) is 14.2 Å². The van der Waals surface area contributed by atoms with Gasteiger partial charge >= 0.3 is 0 Å². The molecule has 2 nitrogen and oxygen atoms in total. The molecule has 0 bridgehead atoms. The molecule has 15 heavy (non-hydrogen) atoms. The van der Waals surface area contributed by atoms with E-state index in [-0.39, 0.29) is 5.91 Å². The zero-order valence-electron chi connectivity index (χ0n) is 8.13. The summed E-state index contributed by atoms with van der Waals surface area (Å²) < 4.78 is 1.07. The molecule has 0 spiro atoms. The Hall–Kier alpha value is -0.250. The maximum Gasteiger partial charge on any atom is 0.256 e. The molecule has 0 aliphatic carbocycles. The van der Waals surface area contributed by atoms with Crippen LogP contribution in [0.4, 0.5) is 0 Å². The van der Waals surface area contributed by atoms with Crippen LogP contribution in [0.15, 0.2) is 6.07 Å². The molecule has 1 amide bonds. The molecule has 0 N–H and O–H groups in total. The third-order valence-corrected chi connectivity index (χ3v) is 4.02. The number of rotatable bonds is 1. The van der Waals surface area contributed by atoms with E-state index in [4.69, 9.17) is 23.2 Å². The van der Waals surface area contributed by atoms with Gasteiger partial charge in [-0.15, -0.1) is 11.3 Å². The molecular weight excluding hydrogens is 253 g/mol. The van der Waals surface area contributed by atoms with E-state index in [1.165, 1.54) is 17.8 Å². The number of thiophene rings is 1. The van der Waals surface area contributed by atoms with Gasteiger partial charge in [-0.2, -0.15) is 0 Å². The van der Waals surface area contributed by atoms with E-state index in [0.717, 1.165) is 25.9 Å². The zero-order chi connectivity index (χ0) is 10.8. The maximum atomic E-state index is 12.0. The molecule has 1 aliphatic rings. The number of piperidine rings is 1. The summed E-state index contributed by atoms with van der Waals surface area (Å²) in [5.74, 6) is 0.0165. The third-order valence-electron chi connectivity index (χ3n) is 2.53. The Balaban J connectivity index is 2.16. The summed E-state index contributed by atoms with van der Waals surface area (Å²) in [6, 6.07) is 1.66. The Labute approximate surface area is 103 Å². The van der Waals surface area contributed by atoms with Crippen molar-refractivity contribution in [3.05, 3.63) is 20.3 Å². The first-order valence-electron chi connectivity index (χ1n) is 4.92. The fraction of sp³-hybridized carbons (Fsp3) is 0.500. The second-order valence-electron chi connectivity index (χ2n) is 3.59. The minimum absolute atomic E-state index is 0.0165. The quantitative estimate of drug-likeness (QED) is 0.757. The lowest BCUT2D eigenvalue weighted by atomic mass is 10.1. The first kappa shape index (κ1) is 11.2. The monoisotopic (exact) mass is 263 g/mol. The van der Waals surface area contributed by atoms with Crippen molar-refractivity contribution in [2.24, 2.45) is 0 Å². The highest BCUT2D eigenvalue weighted by molar-refractivity contribution is 7.20. The summed E-state index contributed by atoms with van der Waals surface area (Å²) in [6.45, 7) is 1.67. The number of halogens is 2. The van der Waals surface area contributed by atoms with E-state index in [2.05, 4.69) is 0 Å². The Kier molecular flexibility index (Phi) is 3.54. The lowest BCUT2D eigenvalue weighted by Crippen LogP contribution is -2.35. The number of carbonyl (C=O) groups excluding carboxylic acids is 1. The van der Waals surface area contributed by atoms with Crippen LogP contribution in [-0.2, 0) is 0 Å². The average molecular weight is 264 g/mol. The largest absolute Gasteiger partial charge is 0.339 e. The molecule has 1 aromatic heterocycles. The molecule has 2 rings (SSSR count). The van der Waals surface area contributed by atoms with Crippen molar-refractivity contribution in [2.75, 3.05) is 13.1 Å². The summed E-state index contributed by atoms with van der Waals surface area (Å²) in [6.07, 6.45) is 3.38. The minimum atomic E-state index is 0.0165. The van der Waals surface area contributed by atoms with Crippen LogP contribution in [0.1, 0.15) is 29.6 Å². The first-order valence-corrected chi connectivity index (χ1v) is 6.50. The predicted molar refractivity (Wildman–Crippen MR) is 64.1 cm³/mol. The number of hydrogen-bond acceptors (Lipinski definition) is 2. The van der Waals surface area contributed by atoms with Crippen LogP contribution < -0.4 is 0 Å². The molecule has 82 valence electrons. The molecule has 0 radical (unpaired) electrons. The Morgan fingerprint density at radius 3 is 2.47 bits per heavy atom. The Morgan fingerprint density at radius 1 is 1.27 bits per heavy atom. The van der Waals surface area contributed by atoms with Gasteiger partial charge in [-0.1, -0.05) is 23.2 Å². The van der Waals surface area contributed by atoms with Crippen molar-refractivity contribution >= 4 is 40.4 Å². The first-order chi connectivity index (χ1) is 7.18. The molecule has 1 fully saturated rings. The summed E-state index contributed by atoms with van der Waals surface area (Å²) in [5, 5.41) is 0. The van der Waals surface area contributed by atoms with E-state index < -0.39 is 0 Å². The van der Waals surface area contributed by atoms with Gasteiger partial charge in [-0.3, -0.25) is 4.79 Å². The molecule has 0 aromatic carbocycles. The number of amides is 1. The molecule has 1 aromatic rings. The van der Waals surface area contributed by atoms with Gasteiger partial charge in [0, 0.05) is 13.1 Å². The fourth-order valence-corrected chi connectivity index (χ4v) is 3.20. The molecule has 1 aliphatic heterocycles. The van der Waals surface area contributed by atoms with E-state index in [9.17, 15) is 4.79 Å². The van der Waals surface area contributed by atoms with Gasteiger partial charge in [0.25, 0.3) is 5.91 Å². The second-order valence-corrected chi connectivity index (χ2v) is 5.88. The number of likely N-dealkylation sites (tertiary alicyclic amines) is 1. The van der Waals surface area contributed by atoms with Crippen molar-refractivity contribution in [1.82, 2.24) is 4.90 Å². The number of hydrogen-bond donors (Lipinski definition) is 0. The predicted octanol–water partition coefficient (Wildman–Crippen LogP) is 3.68. The SMILES string of the molecule is O=C(c1cc(Cl)sc1Cl)N1CCCCC1. The number of carbonyl (C=O) groups is 1. The molecule has 0 unspecified atom stereocenters. The molecule has 0 saturated carbocycles.